The molecule has 1 aliphatic heterocycles. The van der Waals surface area contributed by atoms with Crippen LogP contribution in [0.3, 0.4) is 0 Å². The number of aromatic amines is 1. The minimum Gasteiger partial charge on any atom is -0.346 e. The van der Waals surface area contributed by atoms with Gasteiger partial charge in [-0.15, -0.1) is 0 Å². The molecule has 1 aromatic rings. The predicted molar refractivity (Wildman–Crippen MR) is 55.6 cm³/mol. The lowest BCUT2D eigenvalue weighted by atomic mass is 10.0. The number of pyridine rings is 1. The Morgan fingerprint density at radius 2 is 2.20 bits per heavy atom. The van der Waals surface area contributed by atoms with Gasteiger partial charge in [-0.25, -0.2) is 0 Å². The number of ether oxygens (including phenoxy) is 2. The van der Waals surface area contributed by atoms with Crippen LogP contribution in [0.4, 0.5) is 0 Å². The van der Waals surface area contributed by atoms with Crippen molar-refractivity contribution in [2.45, 2.75) is 25.6 Å². The largest absolute Gasteiger partial charge is 0.346 e. The van der Waals surface area contributed by atoms with Crippen molar-refractivity contribution in [3.05, 3.63) is 34.2 Å². The average molecular weight is 209 g/mol. The van der Waals surface area contributed by atoms with Gasteiger partial charge in [-0.05, 0) is 12.5 Å². The summed E-state index contributed by atoms with van der Waals surface area (Å²) in [7, 11) is 0. The summed E-state index contributed by atoms with van der Waals surface area (Å²) < 4.78 is 11.4. The summed E-state index contributed by atoms with van der Waals surface area (Å²) in [5.74, 6) is -0.716. The van der Waals surface area contributed by atoms with Crippen LogP contribution < -0.4 is 5.56 Å². The zero-order valence-electron chi connectivity index (χ0n) is 8.79. The average Bonchev–Trinajstić information content (AvgIpc) is 2.30. The molecule has 0 spiro atoms. The van der Waals surface area contributed by atoms with Crippen LogP contribution in [-0.4, -0.2) is 18.2 Å². The lowest BCUT2D eigenvalue weighted by Gasteiger charge is -2.36. The molecule has 0 aliphatic carbocycles. The minimum atomic E-state index is -0.716. The first-order valence-electron chi connectivity index (χ1n) is 5.24. The zero-order chi connectivity index (χ0) is 10.7. The summed E-state index contributed by atoms with van der Waals surface area (Å²) in [5, 5.41) is 0. The molecule has 0 bridgehead atoms. The highest BCUT2D eigenvalue weighted by atomic mass is 16.7. The van der Waals surface area contributed by atoms with E-state index in [1.807, 2.05) is 13.0 Å². The van der Waals surface area contributed by atoms with E-state index in [1.54, 1.807) is 6.20 Å². The smallest absolute Gasteiger partial charge is 0.248 e. The predicted octanol–water partition coefficient (Wildman–Crippen LogP) is 1.37. The maximum Gasteiger partial charge on any atom is 0.248 e. The van der Waals surface area contributed by atoms with Crippen LogP contribution >= 0.6 is 0 Å². The Morgan fingerprint density at radius 3 is 2.80 bits per heavy atom. The first-order chi connectivity index (χ1) is 7.27. The molecule has 2 rings (SSSR count). The summed E-state index contributed by atoms with van der Waals surface area (Å²) in [6.07, 6.45) is 3.23. The number of hydrogen-bond donors (Lipinski definition) is 1. The van der Waals surface area contributed by atoms with Gasteiger partial charge in [0.15, 0.2) is 5.79 Å². The number of rotatable bonds is 2. The molecule has 0 amide bonds. The Kier molecular flexibility index (Phi) is 2.88. The maximum atomic E-state index is 11.2. The monoisotopic (exact) mass is 209 g/mol. The molecule has 4 nitrogen and oxygen atoms in total. The SMILES string of the molecule is CCC1(c2cc[nH]c(=O)c2)OCCCO1. The Morgan fingerprint density at radius 1 is 1.47 bits per heavy atom. The fourth-order valence-electron chi connectivity index (χ4n) is 1.83. The molecule has 1 aromatic heterocycles. The van der Waals surface area contributed by atoms with E-state index >= 15 is 0 Å². The van der Waals surface area contributed by atoms with E-state index in [-0.39, 0.29) is 5.56 Å². The van der Waals surface area contributed by atoms with E-state index in [0.29, 0.717) is 19.6 Å². The first kappa shape index (κ1) is 10.4. The fraction of sp³-hybridized carbons (Fsp3) is 0.545. The third-order valence-corrected chi connectivity index (χ3v) is 2.64. The van der Waals surface area contributed by atoms with Crippen molar-refractivity contribution in [1.29, 1.82) is 0 Å². The Balaban J connectivity index is 2.36. The summed E-state index contributed by atoms with van der Waals surface area (Å²) in [4.78, 5) is 13.8. The fourth-order valence-corrected chi connectivity index (χ4v) is 1.83. The van der Waals surface area contributed by atoms with Gasteiger partial charge in [-0.1, -0.05) is 6.92 Å². The minimum absolute atomic E-state index is 0.127. The van der Waals surface area contributed by atoms with Crippen molar-refractivity contribution in [1.82, 2.24) is 4.98 Å². The molecule has 1 N–H and O–H groups in total. The lowest BCUT2D eigenvalue weighted by Crippen LogP contribution is -2.38. The van der Waals surface area contributed by atoms with Crippen molar-refractivity contribution < 1.29 is 9.47 Å². The number of aromatic nitrogens is 1. The Bertz CT molecular complexity index is 379. The van der Waals surface area contributed by atoms with Crippen molar-refractivity contribution in [2.24, 2.45) is 0 Å². The van der Waals surface area contributed by atoms with Crippen LogP contribution in [0, 0.1) is 0 Å². The zero-order valence-corrected chi connectivity index (χ0v) is 8.79. The van der Waals surface area contributed by atoms with Crippen LogP contribution in [0.5, 0.6) is 0 Å². The molecule has 0 unspecified atom stereocenters. The quantitative estimate of drug-likeness (QED) is 0.800. The summed E-state index contributed by atoms with van der Waals surface area (Å²) >= 11 is 0. The second-order valence-corrected chi connectivity index (χ2v) is 3.60. The highest BCUT2D eigenvalue weighted by Crippen LogP contribution is 2.32. The van der Waals surface area contributed by atoms with Gasteiger partial charge in [0.2, 0.25) is 5.56 Å². The van der Waals surface area contributed by atoms with Crippen molar-refractivity contribution in [3.8, 4) is 0 Å². The molecule has 15 heavy (non-hydrogen) atoms. The second-order valence-electron chi connectivity index (χ2n) is 3.60. The standard InChI is InChI=1S/C11H15NO3/c1-2-11(14-6-3-7-15-11)9-4-5-12-10(13)8-9/h4-5,8H,2-3,6-7H2,1H3,(H,12,13). The molecular weight excluding hydrogens is 194 g/mol. The van der Waals surface area contributed by atoms with Gasteiger partial charge >= 0.3 is 0 Å². The summed E-state index contributed by atoms with van der Waals surface area (Å²) in [5.41, 5.74) is 0.673. The topological polar surface area (TPSA) is 51.3 Å². The van der Waals surface area contributed by atoms with Gasteiger partial charge < -0.3 is 14.5 Å². The molecule has 0 saturated carbocycles. The maximum absolute atomic E-state index is 11.2. The van der Waals surface area contributed by atoms with E-state index in [4.69, 9.17) is 9.47 Å². The summed E-state index contributed by atoms with van der Waals surface area (Å²) in [6, 6.07) is 3.37. The molecule has 4 heteroatoms. The molecule has 0 aromatic carbocycles. The van der Waals surface area contributed by atoms with Crippen molar-refractivity contribution >= 4 is 0 Å². The van der Waals surface area contributed by atoms with E-state index in [0.717, 1.165) is 12.0 Å². The van der Waals surface area contributed by atoms with Crippen molar-refractivity contribution in [2.75, 3.05) is 13.2 Å². The lowest BCUT2D eigenvalue weighted by molar-refractivity contribution is -0.277. The van der Waals surface area contributed by atoms with E-state index in [1.165, 1.54) is 6.07 Å². The first-order valence-corrected chi connectivity index (χ1v) is 5.24. The van der Waals surface area contributed by atoms with Crippen LogP contribution in [0.2, 0.25) is 0 Å². The molecule has 0 atom stereocenters. The van der Waals surface area contributed by atoms with Crippen LogP contribution in [0.15, 0.2) is 23.1 Å². The highest BCUT2D eigenvalue weighted by molar-refractivity contribution is 5.17. The van der Waals surface area contributed by atoms with E-state index in [2.05, 4.69) is 4.98 Å². The molecule has 2 heterocycles. The van der Waals surface area contributed by atoms with Crippen LogP contribution in [0.1, 0.15) is 25.3 Å². The molecule has 82 valence electrons. The molecule has 1 aliphatic rings. The number of hydrogen-bond acceptors (Lipinski definition) is 3. The van der Waals surface area contributed by atoms with Crippen LogP contribution in [-0.2, 0) is 15.3 Å². The molecular formula is C11H15NO3. The Hall–Kier alpha value is -1.13. The highest BCUT2D eigenvalue weighted by Gasteiger charge is 2.34. The van der Waals surface area contributed by atoms with Gasteiger partial charge in [-0.2, -0.15) is 0 Å². The van der Waals surface area contributed by atoms with Gasteiger partial charge in [-0.3, -0.25) is 4.79 Å². The number of nitrogens with one attached hydrogen (secondary N) is 1. The van der Waals surface area contributed by atoms with Gasteiger partial charge in [0, 0.05) is 24.2 Å². The normalized spacial score (nSPS) is 20.1. The third kappa shape index (κ3) is 1.96. The second kappa shape index (κ2) is 4.16. The van der Waals surface area contributed by atoms with Crippen molar-refractivity contribution in [3.63, 3.8) is 0 Å². The van der Waals surface area contributed by atoms with Gasteiger partial charge in [0.1, 0.15) is 0 Å². The van der Waals surface area contributed by atoms with Crippen LogP contribution in [0.25, 0.3) is 0 Å². The molecule has 1 saturated heterocycles. The van der Waals surface area contributed by atoms with Gasteiger partial charge in [0.25, 0.3) is 0 Å². The van der Waals surface area contributed by atoms with E-state index in [9.17, 15) is 4.79 Å². The summed E-state index contributed by atoms with van der Waals surface area (Å²) in [6.45, 7) is 3.35. The molecule has 1 fully saturated rings. The Labute approximate surface area is 88.2 Å². The molecule has 0 radical (unpaired) electrons. The van der Waals surface area contributed by atoms with Gasteiger partial charge in [0.05, 0.1) is 13.2 Å². The number of H-pyrrole nitrogens is 1. The third-order valence-electron chi connectivity index (χ3n) is 2.64. The van der Waals surface area contributed by atoms with E-state index < -0.39 is 5.79 Å².